The zero-order chi connectivity index (χ0) is 20.7. The average molecular weight is 403 g/mol. The van der Waals surface area contributed by atoms with Crippen LogP contribution < -0.4 is 14.9 Å². The van der Waals surface area contributed by atoms with E-state index in [1.54, 1.807) is 25.4 Å². The summed E-state index contributed by atoms with van der Waals surface area (Å²) in [6.45, 7) is 9.97. The maximum absolute atomic E-state index is 14.4. The SMILES string of the molecule is C=CC(=Nc1cnc(NC)nc1N(C)C(C)C)c1ccc(NSCC)c(F)c1. The Bertz CT molecular complexity index is 853. The molecule has 2 aromatic rings. The Morgan fingerprint density at radius 3 is 2.75 bits per heavy atom. The molecule has 0 saturated carbocycles. The molecule has 0 bridgehead atoms. The largest absolute Gasteiger partial charge is 0.357 e. The van der Waals surface area contributed by atoms with Gasteiger partial charge in [0.1, 0.15) is 11.5 Å². The number of anilines is 3. The van der Waals surface area contributed by atoms with Gasteiger partial charge < -0.3 is 14.9 Å². The highest BCUT2D eigenvalue weighted by Crippen LogP contribution is 2.29. The van der Waals surface area contributed by atoms with Gasteiger partial charge in [-0.15, -0.1) is 0 Å². The van der Waals surface area contributed by atoms with Crippen molar-refractivity contribution in [1.29, 1.82) is 0 Å². The predicted molar refractivity (Wildman–Crippen MR) is 120 cm³/mol. The van der Waals surface area contributed by atoms with E-state index in [1.807, 2.05) is 24.9 Å². The van der Waals surface area contributed by atoms with Crippen LogP contribution in [0.1, 0.15) is 26.3 Å². The van der Waals surface area contributed by atoms with Crippen LogP contribution in [0, 0.1) is 5.82 Å². The third-order valence-electron chi connectivity index (χ3n) is 4.11. The lowest BCUT2D eigenvalue weighted by Crippen LogP contribution is -2.27. The highest BCUT2D eigenvalue weighted by atomic mass is 32.2. The molecule has 0 spiro atoms. The molecule has 0 radical (unpaired) electrons. The number of benzene rings is 1. The molecular formula is C20H27FN6S. The zero-order valence-electron chi connectivity index (χ0n) is 17.0. The summed E-state index contributed by atoms with van der Waals surface area (Å²) in [7, 11) is 3.71. The predicted octanol–water partition coefficient (Wildman–Crippen LogP) is 4.89. The molecule has 1 aromatic heterocycles. The maximum Gasteiger partial charge on any atom is 0.224 e. The van der Waals surface area contributed by atoms with Crippen molar-refractivity contribution in [3.63, 3.8) is 0 Å². The fourth-order valence-corrected chi connectivity index (χ4v) is 2.80. The molecule has 28 heavy (non-hydrogen) atoms. The van der Waals surface area contributed by atoms with Crippen molar-refractivity contribution in [2.75, 3.05) is 34.8 Å². The lowest BCUT2D eigenvalue weighted by Gasteiger charge is -2.24. The van der Waals surface area contributed by atoms with E-state index in [-0.39, 0.29) is 11.9 Å². The third kappa shape index (κ3) is 5.22. The lowest BCUT2D eigenvalue weighted by atomic mass is 10.1. The van der Waals surface area contributed by atoms with Crippen LogP contribution in [0.2, 0.25) is 0 Å². The monoisotopic (exact) mass is 402 g/mol. The van der Waals surface area contributed by atoms with Crippen LogP contribution in [-0.4, -0.2) is 41.6 Å². The number of allylic oxidation sites excluding steroid dienone is 1. The Balaban J connectivity index is 2.47. The zero-order valence-corrected chi connectivity index (χ0v) is 17.8. The van der Waals surface area contributed by atoms with Gasteiger partial charge in [0.05, 0.1) is 17.6 Å². The molecule has 1 aromatic carbocycles. The van der Waals surface area contributed by atoms with Crippen molar-refractivity contribution in [2.45, 2.75) is 26.8 Å². The van der Waals surface area contributed by atoms with Gasteiger partial charge >= 0.3 is 0 Å². The standard InChI is InChI=1S/C20H27FN6S/c1-7-16(14-9-10-17(15(21)11-14)26-28-8-2)24-18-12-23-20(22-5)25-19(18)27(6)13(3)4/h7,9-13,26H,1,8H2,2-6H3,(H,22,23,25). The molecule has 0 amide bonds. The summed E-state index contributed by atoms with van der Waals surface area (Å²) < 4.78 is 17.4. The molecule has 0 atom stereocenters. The number of aromatic nitrogens is 2. The Morgan fingerprint density at radius 2 is 2.18 bits per heavy atom. The number of nitrogens with zero attached hydrogens (tertiary/aromatic N) is 4. The molecule has 0 saturated heterocycles. The Labute approximate surface area is 170 Å². The van der Waals surface area contributed by atoms with E-state index in [0.29, 0.717) is 34.4 Å². The van der Waals surface area contributed by atoms with Gasteiger partial charge in [0.2, 0.25) is 5.95 Å². The third-order valence-corrected chi connectivity index (χ3v) is 4.76. The van der Waals surface area contributed by atoms with E-state index < -0.39 is 0 Å². The van der Waals surface area contributed by atoms with E-state index in [0.717, 1.165) is 5.75 Å². The highest BCUT2D eigenvalue weighted by Gasteiger charge is 2.15. The van der Waals surface area contributed by atoms with Gasteiger partial charge in [0.15, 0.2) is 5.82 Å². The van der Waals surface area contributed by atoms with Gasteiger partial charge in [0, 0.05) is 31.5 Å². The first-order chi connectivity index (χ1) is 13.4. The molecular weight excluding hydrogens is 375 g/mol. The van der Waals surface area contributed by atoms with Crippen molar-refractivity contribution in [3.05, 3.63) is 48.4 Å². The van der Waals surface area contributed by atoms with E-state index >= 15 is 0 Å². The Morgan fingerprint density at radius 1 is 1.43 bits per heavy atom. The second-order valence-electron chi connectivity index (χ2n) is 6.29. The average Bonchev–Trinajstić information content (AvgIpc) is 2.70. The summed E-state index contributed by atoms with van der Waals surface area (Å²) in [4.78, 5) is 15.5. The minimum atomic E-state index is -0.339. The molecule has 8 heteroatoms. The van der Waals surface area contributed by atoms with Crippen LogP contribution in [0.3, 0.4) is 0 Å². The van der Waals surface area contributed by atoms with E-state index in [2.05, 4.69) is 45.4 Å². The van der Waals surface area contributed by atoms with Gasteiger partial charge in [-0.3, -0.25) is 0 Å². The number of hydrogen-bond acceptors (Lipinski definition) is 7. The van der Waals surface area contributed by atoms with E-state index in [4.69, 9.17) is 0 Å². The number of rotatable bonds is 9. The molecule has 150 valence electrons. The molecule has 0 aliphatic carbocycles. The highest BCUT2D eigenvalue weighted by molar-refractivity contribution is 8.00. The summed E-state index contributed by atoms with van der Waals surface area (Å²) in [6.07, 6.45) is 3.26. The summed E-state index contributed by atoms with van der Waals surface area (Å²) in [6, 6.07) is 5.19. The van der Waals surface area contributed by atoms with Crippen molar-refractivity contribution in [2.24, 2.45) is 4.99 Å². The van der Waals surface area contributed by atoms with Gasteiger partial charge in [-0.05, 0) is 32.1 Å². The molecule has 0 fully saturated rings. The molecule has 6 nitrogen and oxygen atoms in total. The first-order valence-electron chi connectivity index (χ1n) is 9.07. The molecule has 0 aliphatic heterocycles. The summed E-state index contributed by atoms with van der Waals surface area (Å²) >= 11 is 1.44. The minimum absolute atomic E-state index is 0.222. The first kappa shape index (κ1) is 21.7. The van der Waals surface area contributed by atoms with E-state index in [1.165, 1.54) is 18.0 Å². The molecule has 1 heterocycles. The lowest BCUT2D eigenvalue weighted by molar-refractivity contribution is 0.632. The summed E-state index contributed by atoms with van der Waals surface area (Å²) in [5.74, 6) is 1.70. The number of aliphatic imine (C=N–C) groups is 1. The number of nitrogens with one attached hydrogen (secondary N) is 2. The Kier molecular flexibility index (Phi) is 7.80. The van der Waals surface area contributed by atoms with Gasteiger partial charge in [0.25, 0.3) is 0 Å². The van der Waals surface area contributed by atoms with Crippen LogP contribution in [0.4, 0.5) is 27.5 Å². The second kappa shape index (κ2) is 10.1. The van der Waals surface area contributed by atoms with Crippen LogP contribution in [-0.2, 0) is 0 Å². The van der Waals surface area contributed by atoms with Crippen molar-refractivity contribution in [1.82, 2.24) is 9.97 Å². The fraction of sp³-hybridized carbons (Fsp3) is 0.350. The van der Waals surface area contributed by atoms with Gasteiger partial charge in [-0.25, -0.2) is 14.4 Å². The fourth-order valence-electron chi connectivity index (χ4n) is 2.33. The van der Waals surface area contributed by atoms with Gasteiger partial charge in [-0.2, -0.15) is 4.98 Å². The van der Waals surface area contributed by atoms with Crippen LogP contribution >= 0.6 is 11.9 Å². The quantitative estimate of drug-likeness (QED) is 0.460. The maximum atomic E-state index is 14.4. The van der Waals surface area contributed by atoms with Gasteiger partial charge in [-0.1, -0.05) is 31.5 Å². The first-order valence-corrected chi connectivity index (χ1v) is 10.1. The van der Waals surface area contributed by atoms with Crippen molar-refractivity contribution < 1.29 is 4.39 Å². The normalized spacial score (nSPS) is 11.5. The van der Waals surface area contributed by atoms with Crippen LogP contribution in [0.25, 0.3) is 0 Å². The van der Waals surface area contributed by atoms with Crippen LogP contribution in [0.15, 0.2) is 42.0 Å². The second-order valence-corrected chi connectivity index (χ2v) is 7.36. The molecule has 2 rings (SSSR count). The minimum Gasteiger partial charge on any atom is -0.357 e. The molecule has 0 unspecified atom stereocenters. The summed E-state index contributed by atoms with van der Waals surface area (Å²) in [5.41, 5.74) is 2.22. The molecule has 0 aliphatic rings. The van der Waals surface area contributed by atoms with E-state index in [9.17, 15) is 4.39 Å². The Hall–Kier alpha value is -2.61. The smallest absolute Gasteiger partial charge is 0.224 e. The van der Waals surface area contributed by atoms with Crippen LogP contribution in [0.5, 0.6) is 0 Å². The van der Waals surface area contributed by atoms with Crippen molar-refractivity contribution >= 4 is 40.8 Å². The summed E-state index contributed by atoms with van der Waals surface area (Å²) in [5, 5.41) is 2.94. The number of halogens is 1. The molecule has 2 N–H and O–H groups in total. The van der Waals surface area contributed by atoms with Crippen molar-refractivity contribution in [3.8, 4) is 0 Å². The topological polar surface area (TPSA) is 65.4 Å². The number of hydrogen-bond donors (Lipinski definition) is 2.